The zero-order valence-corrected chi connectivity index (χ0v) is 11.5. The van der Waals surface area contributed by atoms with E-state index in [0.29, 0.717) is 13.0 Å². The van der Waals surface area contributed by atoms with Crippen molar-refractivity contribution in [1.29, 1.82) is 0 Å². The van der Waals surface area contributed by atoms with Crippen molar-refractivity contribution < 1.29 is 4.79 Å². The largest absolute Gasteiger partial charge is 0.355 e. The molecule has 1 heterocycles. The van der Waals surface area contributed by atoms with Gasteiger partial charge in [-0.1, -0.05) is 24.3 Å². The quantitative estimate of drug-likeness (QED) is 0.897. The van der Waals surface area contributed by atoms with E-state index in [-0.39, 0.29) is 11.8 Å². The van der Waals surface area contributed by atoms with Gasteiger partial charge < -0.3 is 5.32 Å². The highest BCUT2D eigenvalue weighted by atomic mass is 16.1. The fourth-order valence-corrected chi connectivity index (χ4v) is 2.73. The zero-order chi connectivity index (χ0) is 13.9. The first-order valence-corrected chi connectivity index (χ1v) is 6.91. The summed E-state index contributed by atoms with van der Waals surface area (Å²) in [7, 11) is 1.86. The van der Waals surface area contributed by atoms with E-state index in [4.69, 9.17) is 0 Å². The first kappa shape index (κ1) is 12.8. The van der Waals surface area contributed by atoms with Crippen molar-refractivity contribution in [3.63, 3.8) is 0 Å². The number of aromatic nitrogens is 3. The summed E-state index contributed by atoms with van der Waals surface area (Å²) in [5.41, 5.74) is 2.61. The fraction of sp³-hybridized carbons (Fsp3) is 0.400. The number of nitrogens with zero attached hydrogens (tertiary/aromatic N) is 3. The Kier molecular flexibility index (Phi) is 3.50. The van der Waals surface area contributed by atoms with E-state index in [0.717, 1.165) is 18.7 Å². The Labute approximate surface area is 118 Å². The van der Waals surface area contributed by atoms with Crippen molar-refractivity contribution in [2.75, 3.05) is 6.54 Å². The van der Waals surface area contributed by atoms with Crippen LogP contribution in [0, 0.1) is 5.92 Å². The predicted octanol–water partition coefficient (Wildman–Crippen LogP) is 0.889. The lowest BCUT2D eigenvalue weighted by Gasteiger charge is -2.10. The Hall–Kier alpha value is -2.17. The monoisotopic (exact) mass is 270 g/mol. The molecule has 1 amide bonds. The van der Waals surface area contributed by atoms with Crippen LogP contribution in [0.5, 0.6) is 0 Å². The molecule has 0 fully saturated rings. The van der Waals surface area contributed by atoms with Gasteiger partial charge in [0, 0.05) is 25.9 Å². The standard InChI is InChI=1S/C15H18N4O/c1-19-14(17-10-18-19)6-7-16-15(20)13-8-11-4-2-3-5-12(11)9-13/h2-5,10,13H,6-9H2,1H3,(H,16,20). The van der Waals surface area contributed by atoms with Gasteiger partial charge in [0.25, 0.3) is 0 Å². The summed E-state index contributed by atoms with van der Waals surface area (Å²) in [5, 5.41) is 7.02. The molecule has 1 aromatic heterocycles. The summed E-state index contributed by atoms with van der Waals surface area (Å²) in [6.07, 6.45) is 3.95. The van der Waals surface area contributed by atoms with Gasteiger partial charge in [-0.15, -0.1) is 0 Å². The summed E-state index contributed by atoms with van der Waals surface area (Å²) in [4.78, 5) is 16.3. The molecule has 0 aliphatic heterocycles. The number of carbonyl (C=O) groups excluding carboxylic acids is 1. The Morgan fingerprint density at radius 2 is 2.05 bits per heavy atom. The van der Waals surface area contributed by atoms with Crippen LogP contribution < -0.4 is 5.32 Å². The number of carbonyl (C=O) groups is 1. The Bertz CT molecular complexity index is 595. The second kappa shape index (κ2) is 5.45. The maximum atomic E-state index is 12.2. The Balaban J connectivity index is 1.50. The number of hydrogen-bond acceptors (Lipinski definition) is 3. The maximum Gasteiger partial charge on any atom is 0.223 e. The third kappa shape index (κ3) is 2.57. The fourth-order valence-electron chi connectivity index (χ4n) is 2.73. The van der Waals surface area contributed by atoms with Crippen LogP contribution in [0.25, 0.3) is 0 Å². The third-order valence-electron chi connectivity index (χ3n) is 3.87. The molecule has 1 N–H and O–H groups in total. The lowest BCUT2D eigenvalue weighted by molar-refractivity contribution is -0.124. The first-order chi connectivity index (χ1) is 9.74. The highest BCUT2D eigenvalue weighted by Gasteiger charge is 2.26. The highest BCUT2D eigenvalue weighted by molar-refractivity contribution is 5.80. The highest BCUT2D eigenvalue weighted by Crippen LogP contribution is 2.26. The molecule has 5 nitrogen and oxygen atoms in total. The molecule has 0 bridgehead atoms. The van der Waals surface area contributed by atoms with Crippen LogP contribution in [0.15, 0.2) is 30.6 Å². The smallest absolute Gasteiger partial charge is 0.223 e. The number of amides is 1. The van der Waals surface area contributed by atoms with Crippen molar-refractivity contribution in [1.82, 2.24) is 20.1 Å². The number of fused-ring (bicyclic) bond motifs is 1. The van der Waals surface area contributed by atoms with Crippen molar-refractivity contribution in [3.8, 4) is 0 Å². The number of benzene rings is 1. The molecule has 0 radical (unpaired) electrons. The summed E-state index contributed by atoms with van der Waals surface area (Å²) in [6.45, 7) is 0.609. The summed E-state index contributed by atoms with van der Waals surface area (Å²) >= 11 is 0. The molecule has 2 aromatic rings. The molecule has 0 atom stereocenters. The number of nitrogens with one attached hydrogen (secondary N) is 1. The first-order valence-electron chi connectivity index (χ1n) is 6.91. The van der Waals surface area contributed by atoms with Crippen LogP contribution in [-0.4, -0.2) is 27.2 Å². The van der Waals surface area contributed by atoms with E-state index in [9.17, 15) is 4.79 Å². The van der Waals surface area contributed by atoms with Gasteiger partial charge in [0.1, 0.15) is 12.2 Å². The van der Waals surface area contributed by atoms with Gasteiger partial charge in [-0.3, -0.25) is 9.48 Å². The normalized spacial score (nSPS) is 14.2. The van der Waals surface area contributed by atoms with Crippen molar-refractivity contribution in [2.45, 2.75) is 19.3 Å². The summed E-state index contributed by atoms with van der Waals surface area (Å²) in [5.74, 6) is 1.11. The molecule has 0 saturated carbocycles. The molecule has 0 spiro atoms. The molecule has 20 heavy (non-hydrogen) atoms. The lowest BCUT2D eigenvalue weighted by atomic mass is 10.1. The van der Waals surface area contributed by atoms with Crippen LogP contribution >= 0.6 is 0 Å². The predicted molar refractivity (Wildman–Crippen MR) is 75.1 cm³/mol. The molecule has 5 heteroatoms. The Morgan fingerprint density at radius 3 is 2.65 bits per heavy atom. The Morgan fingerprint density at radius 1 is 1.35 bits per heavy atom. The van der Waals surface area contributed by atoms with E-state index in [1.807, 2.05) is 19.2 Å². The van der Waals surface area contributed by atoms with Gasteiger partial charge in [0.2, 0.25) is 5.91 Å². The van der Waals surface area contributed by atoms with Gasteiger partial charge in [-0.25, -0.2) is 4.98 Å². The maximum absolute atomic E-state index is 12.2. The van der Waals surface area contributed by atoms with E-state index in [1.165, 1.54) is 17.5 Å². The second-order valence-electron chi connectivity index (χ2n) is 5.21. The average Bonchev–Trinajstić information content (AvgIpc) is 3.05. The minimum Gasteiger partial charge on any atom is -0.355 e. The van der Waals surface area contributed by atoms with E-state index < -0.39 is 0 Å². The number of rotatable bonds is 4. The van der Waals surface area contributed by atoms with E-state index in [2.05, 4.69) is 27.5 Å². The van der Waals surface area contributed by atoms with E-state index in [1.54, 1.807) is 4.68 Å². The third-order valence-corrected chi connectivity index (χ3v) is 3.87. The van der Waals surface area contributed by atoms with Crippen molar-refractivity contribution in [3.05, 3.63) is 47.5 Å². The van der Waals surface area contributed by atoms with Crippen LogP contribution in [0.2, 0.25) is 0 Å². The minimum atomic E-state index is 0.0758. The van der Waals surface area contributed by atoms with Crippen LogP contribution in [0.3, 0.4) is 0 Å². The van der Waals surface area contributed by atoms with Gasteiger partial charge in [0.05, 0.1) is 0 Å². The SMILES string of the molecule is Cn1ncnc1CCNC(=O)C1Cc2ccccc2C1. The topological polar surface area (TPSA) is 59.8 Å². The zero-order valence-electron chi connectivity index (χ0n) is 11.5. The van der Waals surface area contributed by atoms with Crippen molar-refractivity contribution in [2.24, 2.45) is 13.0 Å². The minimum absolute atomic E-state index is 0.0758. The number of hydrogen-bond donors (Lipinski definition) is 1. The average molecular weight is 270 g/mol. The molecule has 1 aromatic carbocycles. The molecule has 104 valence electrons. The molecular formula is C15H18N4O. The molecule has 0 unspecified atom stereocenters. The molecule has 3 rings (SSSR count). The lowest BCUT2D eigenvalue weighted by Crippen LogP contribution is -2.33. The molecular weight excluding hydrogens is 252 g/mol. The number of aryl methyl sites for hydroxylation is 1. The van der Waals surface area contributed by atoms with Gasteiger partial charge in [-0.2, -0.15) is 5.10 Å². The van der Waals surface area contributed by atoms with Gasteiger partial charge in [0.15, 0.2) is 0 Å². The van der Waals surface area contributed by atoms with Crippen LogP contribution in [0.4, 0.5) is 0 Å². The van der Waals surface area contributed by atoms with Crippen LogP contribution in [-0.2, 0) is 31.1 Å². The van der Waals surface area contributed by atoms with Crippen LogP contribution in [0.1, 0.15) is 17.0 Å². The molecule has 0 saturated heterocycles. The summed E-state index contributed by atoms with van der Waals surface area (Å²) in [6, 6.07) is 8.30. The van der Waals surface area contributed by atoms with Gasteiger partial charge >= 0.3 is 0 Å². The summed E-state index contributed by atoms with van der Waals surface area (Å²) < 4.78 is 1.73. The van der Waals surface area contributed by atoms with Crippen molar-refractivity contribution >= 4 is 5.91 Å². The van der Waals surface area contributed by atoms with Gasteiger partial charge in [-0.05, 0) is 24.0 Å². The molecule has 1 aliphatic carbocycles. The second-order valence-corrected chi connectivity index (χ2v) is 5.21. The molecule has 1 aliphatic rings. The van der Waals surface area contributed by atoms with E-state index >= 15 is 0 Å².